The molecular formula is C16H24ClN. The first kappa shape index (κ1) is 13.9. The van der Waals surface area contributed by atoms with E-state index in [1.165, 1.54) is 18.4 Å². The van der Waals surface area contributed by atoms with Gasteiger partial charge in [0, 0.05) is 10.6 Å². The van der Waals surface area contributed by atoms with Crippen LogP contribution in [-0.2, 0) is 6.42 Å². The van der Waals surface area contributed by atoms with Gasteiger partial charge in [-0.1, -0.05) is 37.6 Å². The highest BCUT2D eigenvalue weighted by Gasteiger charge is 2.32. The minimum Gasteiger partial charge on any atom is -0.325 e. The van der Waals surface area contributed by atoms with Crippen molar-refractivity contribution in [1.82, 2.24) is 0 Å². The average Bonchev–Trinajstić information content (AvgIpc) is 2.32. The average molecular weight is 266 g/mol. The van der Waals surface area contributed by atoms with Gasteiger partial charge in [-0.2, -0.15) is 0 Å². The predicted molar refractivity (Wildman–Crippen MR) is 78.9 cm³/mol. The molecule has 0 unspecified atom stereocenters. The number of hydrogen-bond donors (Lipinski definition) is 1. The monoisotopic (exact) mass is 265 g/mol. The van der Waals surface area contributed by atoms with Crippen LogP contribution in [-0.4, -0.2) is 5.54 Å². The van der Waals surface area contributed by atoms with Crippen molar-refractivity contribution in [1.29, 1.82) is 0 Å². The molecule has 1 nitrogen and oxygen atoms in total. The molecule has 1 aliphatic rings. The fourth-order valence-corrected chi connectivity index (χ4v) is 3.19. The van der Waals surface area contributed by atoms with Crippen molar-refractivity contribution in [2.24, 2.45) is 17.6 Å². The van der Waals surface area contributed by atoms with Crippen LogP contribution in [0.3, 0.4) is 0 Å². The second kappa shape index (κ2) is 5.63. The maximum Gasteiger partial charge on any atom is 0.0406 e. The lowest BCUT2D eigenvalue weighted by Crippen LogP contribution is -2.45. The van der Waals surface area contributed by atoms with Crippen LogP contribution < -0.4 is 5.73 Å². The molecule has 1 aliphatic carbocycles. The molecule has 1 fully saturated rings. The number of nitrogens with two attached hydrogens (primary N) is 1. The van der Waals surface area contributed by atoms with Crippen LogP contribution >= 0.6 is 11.6 Å². The van der Waals surface area contributed by atoms with Gasteiger partial charge in [-0.3, -0.25) is 0 Å². The molecule has 18 heavy (non-hydrogen) atoms. The molecule has 0 bridgehead atoms. The first-order valence-corrected chi connectivity index (χ1v) is 7.40. The molecule has 2 rings (SSSR count). The van der Waals surface area contributed by atoms with Gasteiger partial charge in [-0.15, -0.1) is 0 Å². The van der Waals surface area contributed by atoms with E-state index >= 15 is 0 Å². The Labute approximate surface area is 116 Å². The van der Waals surface area contributed by atoms with Gasteiger partial charge in [-0.25, -0.2) is 0 Å². The zero-order chi connectivity index (χ0) is 13.2. The SMILES string of the molecule is CC(C)C1CCC(N)(Cc2ccc(Cl)cc2)CC1. The summed E-state index contributed by atoms with van der Waals surface area (Å²) in [5, 5.41) is 0.799. The molecule has 0 spiro atoms. The molecule has 1 aromatic carbocycles. The Kier molecular flexibility index (Phi) is 4.34. The van der Waals surface area contributed by atoms with Gasteiger partial charge in [0.1, 0.15) is 0 Å². The maximum atomic E-state index is 6.56. The fourth-order valence-electron chi connectivity index (χ4n) is 3.07. The van der Waals surface area contributed by atoms with Gasteiger partial charge in [0.2, 0.25) is 0 Å². The highest BCUT2D eigenvalue weighted by atomic mass is 35.5. The molecule has 2 N–H and O–H groups in total. The lowest BCUT2D eigenvalue weighted by molar-refractivity contribution is 0.194. The summed E-state index contributed by atoms with van der Waals surface area (Å²) < 4.78 is 0. The Morgan fingerprint density at radius 2 is 1.78 bits per heavy atom. The normalized spacial score (nSPS) is 28.6. The second-order valence-electron chi connectivity index (χ2n) is 6.25. The van der Waals surface area contributed by atoms with E-state index in [0.717, 1.165) is 36.1 Å². The molecule has 0 amide bonds. The van der Waals surface area contributed by atoms with Crippen LogP contribution in [0.1, 0.15) is 45.1 Å². The summed E-state index contributed by atoms with van der Waals surface area (Å²) in [6.45, 7) is 4.65. The van der Waals surface area contributed by atoms with Gasteiger partial charge < -0.3 is 5.73 Å². The molecule has 0 radical (unpaired) electrons. The maximum absolute atomic E-state index is 6.56. The summed E-state index contributed by atoms with van der Waals surface area (Å²) in [4.78, 5) is 0. The van der Waals surface area contributed by atoms with Crippen LogP contribution in [0.2, 0.25) is 5.02 Å². The molecule has 100 valence electrons. The molecular weight excluding hydrogens is 242 g/mol. The van der Waals surface area contributed by atoms with Crippen molar-refractivity contribution in [3.8, 4) is 0 Å². The van der Waals surface area contributed by atoms with Gasteiger partial charge in [0.15, 0.2) is 0 Å². The summed E-state index contributed by atoms with van der Waals surface area (Å²) >= 11 is 5.91. The Bertz CT molecular complexity index is 375. The number of hydrogen-bond acceptors (Lipinski definition) is 1. The van der Waals surface area contributed by atoms with Gasteiger partial charge in [0.05, 0.1) is 0 Å². The highest BCUT2D eigenvalue weighted by molar-refractivity contribution is 6.30. The Morgan fingerprint density at radius 1 is 1.22 bits per heavy atom. The Morgan fingerprint density at radius 3 is 2.28 bits per heavy atom. The van der Waals surface area contributed by atoms with Crippen molar-refractivity contribution >= 4 is 11.6 Å². The van der Waals surface area contributed by atoms with Crippen LogP contribution in [0.15, 0.2) is 24.3 Å². The van der Waals surface area contributed by atoms with Crippen molar-refractivity contribution in [2.45, 2.75) is 51.5 Å². The minimum atomic E-state index is -0.000774. The van der Waals surface area contributed by atoms with E-state index in [2.05, 4.69) is 26.0 Å². The number of rotatable bonds is 3. The van der Waals surface area contributed by atoms with Crippen molar-refractivity contribution < 1.29 is 0 Å². The first-order chi connectivity index (χ1) is 8.48. The van der Waals surface area contributed by atoms with Gasteiger partial charge in [-0.05, 0) is 61.6 Å². The van der Waals surface area contributed by atoms with E-state index in [4.69, 9.17) is 17.3 Å². The van der Waals surface area contributed by atoms with Crippen molar-refractivity contribution in [3.05, 3.63) is 34.9 Å². The first-order valence-electron chi connectivity index (χ1n) is 7.02. The Balaban J connectivity index is 1.95. The van der Waals surface area contributed by atoms with E-state index in [1.54, 1.807) is 0 Å². The third kappa shape index (κ3) is 3.49. The molecule has 1 saturated carbocycles. The molecule has 0 heterocycles. The number of halogens is 1. The molecule has 0 aliphatic heterocycles. The minimum absolute atomic E-state index is 0.000774. The summed E-state index contributed by atoms with van der Waals surface area (Å²) in [6.07, 6.45) is 5.84. The van der Waals surface area contributed by atoms with E-state index in [1.807, 2.05) is 12.1 Å². The lowest BCUT2D eigenvalue weighted by atomic mass is 9.71. The van der Waals surface area contributed by atoms with Gasteiger partial charge >= 0.3 is 0 Å². The van der Waals surface area contributed by atoms with Crippen LogP contribution in [0, 0.1) is 11.8 Å². The Hall–Kier alpha value is -0.530. The van der Waals surface area contributed by atoms with Crippen molar-refractivity contribution in [3.63, 3.8) is 0 Å². The highest BCUT2D eigenvalue weighted by Crippen LogP contribution is 2.36. The lowest BCUT2D eigenvalue weighted by Gasteiger charge is -2.38. The molecule has 0 atom stereocenters. The summed E-state index contributed by atoms with van der Waals surface area (Å²) in [7, 11) is 0. The van der Waals surface area contributed by atoms with Gasteiger partial charge in [0.25, 0.3) is 0 Å². The molecule has 0 aromatic heterocycles. The topological polar surface area (TPSA) is 26.0 Å². The van der Waals surface area contributed by atoms with Crippen LogP contribution in [0.4, 0.5) is 0 Å². The molecule has 2 heteroatoms. The smallest absolute Gasteiger partial charge is 0.0406 e. The third-order valence-electron chi connectivity index (χ3n) is 4.44. The zero-order valence-electron chi connectivity index (χ0n) is 11.5. The summed E-state index contributed by atoms with van der Waals surface area (Å²) in [5.74, 6) is 1.66. The van der Waals surface area contributed by atoms with E-state index in [-0.39, 0.29) is 5.54 Å². The quantitative estimate of drug-likeness (QED) is 0.860. The fraction of sp³-hybridized carbons (Fsp3) is 0.625. The summed E-state index contributed by atoms with van der Waals surface area (Å²) in [6, 6.07) is 8.12. The zero-order valence-corrected chi connectivity index (χ0v) is 12.2. The van der Waals surface area contributed by atoms with Crippen LogP contribution in [0.25, 0.3) is 0 Å². The molecule has 1 aromatic rings. The third-order valence-corrected chi connectivity index (χ3v) is 4.69. The number of benzene rings is 1. The van der Waals surface area contributed by atoms with E-state index < -0.39 is 0 Å². The van der Waals surface area contributed by atoms with E-state index in [0.29, 0.717) is 0 Å². The standard InChI is InChI=1S/C16H24ClN/c1-12(2)14-7-9-16(18,10-8-14)11-13-3-5-15(17)6-4-13/h3-6,12,14H,7-11,18H2,1-2H3. The van der Waals surface area contributed by atoms with E-state index in [9.17, 15) is 0 Å². The van der Waals surface area contributed by atoms with Crippen molar-refractivity contribution in [2.75, 3.05) is 0 Å². The predicted octanol–water partition coefficient (Wildman–Crippen LogP) is 4.43. The summed E-state index contributed by atoms with van der Waals surface area (Å²) in [5.41, 5.74) is 7.87. The second-order valence-corrected chi connectivity index (χ2v) is 6.68. The van der Waals surface area contributed by atoms with Crippen LogP contribution in [0.5, 0.6) is 0 Å². The largest absolute Gasteiger partial charge is 0.325 e. The molecule has 0 saturated heterocycles.